The molecule has 1 unspecified atom stereocenters. The van der Waals surface area contributed by atoms with Gasteiger partial charge >= 0.3 is 6.09 Å². The van der Waals surface area contributed by atoms with E-state index in [0.29, 0.717) is 39.7 Å². The molecule has 0 bridgehead atoms. The number of likely N-dealkylation sites (N-methyl/N-ethyl adjacent to an activating group) is 1. The number of rotatable bonds is 3. The van der Waals surface area contributed by atoms with Gasteiger partial charge in [-0.25, -0.2) is 4.79 Å². The summed E-state index contributed by atoms with van der Waals surface area (Å²) < 4.78 is 6.96. The first kappa shape index (κ1) is 18.3. The van der Waals surface area contributed by atoms with Crippen LogP contribution >= 0.6 is 39.1 Å². The number of carbonyl (C=O) groups is 2. The number of aliphatic hydroxyl groups excluding tert-OH is 1. The van der Waals surface area contributed by atoms with Crippen molar-refractivity contribution in [2.45, 2.75) is 12.6 Å². The molecule has 0 radical (unpaired) electrons. The Labute approximate surface area is 161 Å². The van der Waals surface area contributed by atoms with Crippen LogP contribution in [-0.2, 0) is 11.3 Å². The third-order valence-electron chi connectivity index (χ3n) is 4.14. The molecule has 1 aliphatic heterocycles. The number of primary amides is 1. The maximum Gasteiger partial charge on any atom is 0.404 e. The molecule has 2 heterocycles. The quantitative estimate of drug-likeness (QED) is 0.750. The van der Waals surface area contributed by atoms with E-state index in [2.05, 4.69) is 20.7 Å². The average Bonchev–Trinajstić information content (AvgIpc) is 2.86. The molecule has 2 aromatic rings. The zero-order chi connectivity index (χ0) is 18.5. The SMILES string of the molecule is CN1CCn2c(c(Br)c3c(C(O)COC(N)=O)cc(Cl)c(Cl)c32)C1=O. The molecule has 2 amide bonds. The largest absolute Gasteiger partial charge is 0.447 e. The number of halogens is 3. The number of benzene rings is 1. The summed E-state index contributed by atoms with van der Waals surface area (Å²) in [5.74, 6) is -0.171. The number of nitrogens with two attached hydrogens (primary N) is 1. The predicted molar refractivity (Wildman–Crippen MR) is 97.1 cm³/mol. The molecule has 1 aromatic carbocycles. The molecule has 7 nitrogen and oxygen atoms in total. The predicted octanol–water partition coefficient (Wildman–Crippen LogP) is 2.92. The highest BCUT2D eigenvalue weighted by molar-refractivity contribution is 9.10. The zero-order valence-corrected chi connectivity index (χ0v) is 16.2. The number of fused-ring (bicyclic) bond motifs is 3. The molecular formula is C15H14BrCl2N3O4. The molecule has 1 atom stereocenters. The van der Waals surface area contributed by atoms with Gasteiger partial charge in [-0.1, -0.05) is 23.2 Å². The van der Waals surface area contributed by atoms with Crippen molar-refractivity contribution in [3.8, 4) is 0 Å². The van der Waals surface area contributed by atoms with Crippen molar-refractivity contribution >= 4 is 62.0 Å². The van der Waals surface area contributed by atoms with Crippen LogP contribution in [0, 0.1) is 0 Å². The van der Waals surface area contributed by atoms with Gasteiger partial charge in [-0.3, -0.25) is 4.79 Å². The second-order valence-electron chi connectivity index (χ2n) is 5.67. The van der Waals surface area contributed by atoms with Gasteiger partial charge in [0.15, 0.2) is 0 Å². The fraction of sp³-hybridized carbons (Fsp3) is 0.333. The second-order valence-corrected chi connectivity index (χ2v) is 7.25. The molecule has 134 valence electrons. The lowest BCUT2D eigenvalue weighted by Crippen LogP contribution is -2.37. The van der Waals surface area contributed by atoms with Gasteiger partial charge in [-0.2, -0.15) is 0 Å². The number of aromatic nitrogens is 1. The van der Waals surface area contributed by atoms with E-state index in [0.717, 1.165) is 0 Å². The van der Waals surface area contributed by atoms with Gasteiger partial charge in [0.1, 0.15) is 18.4 Å². The van der Waals surface area contributed by atoms with Crippen LogP contribution in [-0.4, -0.2) is 46.8 Å². The lowest BCUT2D eigenvalue weighted by molar-refractivity contribution is 0.0737. The van der Waals surface area contributed by atoms with Gasteiger partial charge in [0.05, 0.1) is 20.0 Å². The topological polar surface area (TPSA) is 97.8 Å². The Morgan fingerprint density at radius 1 is 1.48 bits per heavy atom. The van der Waals surface area contributed by atoms with Gasteiger partial charge < -0.3 is 25.0 Å². The third-order valence-corrected chi connectivity index (χ3v) is 5.69. The van der Waals surface area contributed by atoms with Gasteiger partial charge in [-0.05, 0) is 27.6 Å². The highest BCUT2D eigenvalue weighted by Crippen LogP contribution is 2.43. The molecule has 1 aromatic heterocycles. The van der Waals surface area contributed by atoms with Crippen LogP contribution in [0.5, 0.6) is 0 Å². The number of amides is 2. The van der Waals surface area contributed by atoms with E-state index < -0.39 is 12.2 Å². The van der Waals surface area contributed by atoms with Crippen LogP contribution in [0.15, 0.2) is 10.5 Å². The molecule has 25 heavy (non-hydrogen) atoms. The molecule has 3 N–H and O–H groups in total. The summed E-state index contributed by atoms with van der Waals surface area (Å²) in [7, 11) is 1.71. The van der Waals surface area contributed by atoms with Gasteiger partial charge in [-0.15, -0.1) is 0 Å². The minimum absolute atomic E-state index is 0.171. The Hall–Kier alpha value is -1.48. The number of hydrogen-bond acceptors (Lipinski definition) is 4. The molecular weight excluding hydrogens is 437 g/mol. The molecule has 0 saturated heterocycles. The summed E-state index contributed by atoms with van der Waals surface area (Å²) in [5.41, 5.74) is 6.30. The van der Waals surface area contributed by atoms with Crippen molar-refractivity contribution in [2.75, 3.05) is 20.2 Å². The highest BCUT2D eigenvalue weighted by Gasteiger charge is 2.32. The average molecular weight is 451 g/mol. The Kier molecular flexibility index (Phi) is 4.89. The van der Waals surface area contributed by atoms with Crippen molar-refractivity contribution in [3.63, 3.8) is 0 Å². The number of nitrogens with zero attached hydrogens (tertiary/aromatic N) is 2. The maximum atomic E-state index is 12.6. The number of hydrogen-bond donors (Lipinski definition) is 2. The van der Waals surface area contributed by atoms with E-state index in [9.17, 15) is 14.7 Å². The Bertz CT molecular complexity index is 899. The van der Waals surface area contributed by atoms with Crippen LogP contribution in [0.2, 0.25) is 10.0 Å². The van der Waals surface area contributed by atoms with E-state index in [1.54, 1.807) is 16.5 Å². The van der Waals surface area contributed by atoms with Crippen LogP contribution in [0.4, 0.5) is 4.79 Å². The first-order valence-corrected chi connectivity index (χ1v) is 8.84. The van der Waals surface area contributed by atoms with Crippen LogP contribution in [0.25, 0.3) is 10.9 Å². The molecule has 0 saturated carbocycles. The molecule has 10 heteroatoms. The van der Waals surface area contributed by atoms with E-state index in [1.165, 1.54) is 6.07 Å². The van der Waals surface area contributed by atoms with E-state index in [1.807, 2.05) is 0 Å². The Morgan fingerprint density at radius 3 is 2.80 bits per heavy atom. The molecule has 1 aliphatic rings. The highest BCUT2D eigenvalue weighted by atomic mass is 79.9. The molecule has 0 aliphatic carbocycles. The van der Waals surface area contributed by atoms with Gasteiger partial charge in [0, 0.05) is 25.5 Å². The van der Waals surface area contributed by atoms with E-state index in [4.69, 9.17) is 28.9 Å². The van der Waals surface area contributed by atoms with E-state index in [-0.39, 0.29) is 22.6 Å². The Balaban J connectivity index is 2.26. The van der Waals surface area contributed by atoms with E-state index >= 15 is 0 Å². The summed E-state index contributed by atoms with van der Waals surface area (Å²) in [5, 5.41) is 11.5. The lowest BCUT2D eigenvalue weighted by atomic mass is 10.0. The molecule has 0 fully saturated rings. The molecule has 0 spiro atoms. The summed E-state index contributed by atoms with van der Waals surface area (Å²) in [6.07, 6.45) is -2.18. The standard InChI is InChI=1S/C15H14BrCl2N3O4/c1-20-2-3-21-12-9(10(16)13(21)14(20)23)6(4-7(17)11(12)18)8(22)5-25-15(19)24/h4,8,22H,2-3,5H2,1H3,(H2,19,24). The number of ether oxygens (including phenoxy) is 1. The van der Waals surface area contributed by atoms with Gasteiger partial charge in [0.25, 0.3) is 5.91 Å². The van der Waals surface area contributed by atoms with Crippen LogP contribution in [0.3, 0.4) is 0 Å². The first-order valence-electron chi connectivity index (χ1n) is 7.29. The first-order chi connectivity index (χ1) is 11.7. The monoisotopic (exact) mass is 449 g/mol. The van der Waals surface area contributed by atoms with Crippen molar-refractivity contribution < 1.29 is 19.4 Å². The lowest BCUT2D eigenvalue weighted by Gasteiger charge is -2.25. The van der Waals surface area contributed by atoms with Gasteiger partial charge in [0.2, 0.25) is 0 Å². The van der Waals surface area contributed by atoms with Crippen LogP contribution in [0.1, 0.15) is 22.2 Å². The normalized spacial score (nSPS) is 15.4. The smallest absolute Gasteiger partial charge is 0.404 e. The number of aliphatic hydroxyl groups is 1. The summed E-state index contributed by atoms with van der Waals surface area (Å²) in [6.45, 7) is 0.712. The second kappa shape index (κ2) is 6.68. The number of carbonyl (C=O) groups excluding carboxylic acids is 2. The van der Waals surface area contributed by atoms with Crippen molar-refractivity contribution in [1.29, 1.82) is 0 Å². The summed E-state index contributed by atoms with van der Waals surface area (Å²) in [6, 6.07) is 1.49. The fourth-order valence-electron chi connectivity index (χ4n) is 2.94. The van der Waals surface area contributed by atoms with Crippen molar-refractivity contribution in [2.24, 2.45) is 5.73 Å². The van der Waals surface area contributed by atoms with Crippen molar-refractivity contribution in [1.82, 2.24) is 9.47 Å². The van der Waals surface area contributed by atoms with Crippen LogP contribution < -0.4 is 5.73 Å². The maximum absolute atomic E-state index is 12.6. The summed E-state index contributed by atoms with van der Waals surface area (Å²) >= 11 is 16.0. The Morgan fingerprint density at radius 2 is 2.16 bits per heavy atom. The van der Waals surface area contributed by atoms with Crippen molar-refractivity contribution in [3.05, 3.63) is 31.8 Å². The third kappa shape index (κ3) is 2.97. The minimum atomic E-state index is -1.18. The molecule has 3 rings (SSSR count). The summed E-state index contributed by atoms with van der Waals surface area (Å²) in [4.78, 5) is 25.0. The fourth-order valence-corrected chi connectivity index (χ4v) is 4.20. The minimum Gasteiger partial charge on any atom is -0.447 e. The zero-order valence-electron chi connectivity index (χ0n) is 13.1.